The molecular weight excluding hydrogens is 306 g/mol. The van der Waals surface area contributed by atoms with Crippen LogP contribution in [0.25, 0.3) is 10.9 Å². The molecule has 2 aromatic rings. The molecule has 1 fully saturated rings. The predicted octanol–water partition coefficient (Wildman–Crippen LogP) is 1.87. The van der Waals surface area contributed by atoms with E-state index in [2.05, 4.69) is 5.32 Å². The molecule has 1 N–H and O–H groups in total. The number of methoxy groups -OCH3 is 1. The fraction of sp³-hybridized carbons (Fsp3) is 0.556. The highest BCUT2D eigenvalue weighted by Gasteiger charge is 2.28. The number of aromatic nitrogens is 2. The summed E-state index contributed by atoms with van der Waals surface area (Å²) in [6, 6.07) is 0.000155. The standard InChI is InChI=1S/C18H25N3O3/c1-11-9-21(3)18(23)15-12(10-20(2)16(11)15)17(22)19-13-7-5-6-8-14(13)24-4/h9-10,13-14H,5-8H2,1-4H3,(H,19,22). The van der Waals surface area contributed by atoms with Crippen LogP contribution in [-0.2, 0) is 18.8 Å². The Bertz CT molecular complexity index is 834. The van der Waals surface area contributed by atoms with Crippen molar-refractivity contribution < 1.29 is 9.53 Å². The molecule has 1 saturated carbocycles. The van der Waals surface area contributed by atoms with Gasteiger partial charge in [0.05, 0.1) is 28.6 Å². The van der Waals surface area contributed by atoms with Crippen LogP contribution >= 0.6 is 0 Å². The molecule has 2 heterocycles. The van der Waals surface area contributed by atoms with Crippen LogP contribution in [0.15, 0.2) is 17.2 Å². The SMILES string of the molecule is COC1CCCCC1NC(=O)c1cn(C)c2c(C)cn(C)c(=O)c12. The van der Waals surface area contributed by atoms with Gasteiger partial charge in [-0.05, 0) is 25.3 Å². The number of hydrogen-bond acceptors (Lipinski definition) is 3. The Morgan fingerprint density at radius 3 is 2.62 bits per heavy atom. The molecule has 3 rings (SSSR count). The summed E-state index contributed by atoms with van der Waals surface area (Å²) in [5.74, 6) is -0.197. The second-order valence-electron chi connectivity index (χ2n) is 6.74. The van der Waals surface area contributed by atoms with E-state index in [0.717, 1.165) is 36.8 Å². The molecule has 24 heavy (non-hydrogen) atoms. The number of amides is 1. The highest BCUT2D eigenvalue weighted by molar-refractivity contribution is 6.07. The zero-order valence-electron chi connectivity index (χ0n) is 14.8. The number of pyridine rings is 1. The summed E-state index contributed by atoms with van der Waals surface area (Å²) in [7, 11) is 5.27. The van der Waals surface area contributed by atoms with Gasteiger partial charge in [-0.2, -0.15) is 0 Å². The topological polar surface area (TPSA) is 65.3 Å². The average Bonchev–Trinajstić information content (AvgIpc) is 2.91. The lowest BCUT2D eigenvalue weighted by atomic mass is 9.92. The van der Waals surface area contributed by atoms with E-state index >= 15 is 0 Å². The van der Waals surface area contributed by atoms with E-state index in [9.17, 15) is 9.59 Å². The normalized spacial score (nSPS) is 21.2. The van der Waals surface area contributed by atoms with Crippen LogP contribution < -0.4 is 10.9 Å². The largest absolute Gasteiger partial charge is 0.379 e. The fourth-order valence-corrected chi connectivity index (χ4v) is 3.87. The number of fused-ring (bicyclic) bond motifs is 1. The predicted molar refractivity (Wildman–Crippen MR) is 93.4 cm³/mol. The number of hydrogen-bond donors (Lipinski definition) is 1. The summed E-state index contributed by atoms with van der Waals surface area (Å²) >= 11 is 0. The Labute approximate surface area is 141 Å². The molecule has 1 aliphatic rings. The minimum absolute atomic E-state index is 0.000155. The number of carbonyl (C=O) groups is 1. The van der Waals surface area contributed by atoms with Crippen molar-refractivity contribution in [3.05, 3.63) is 33.9 Å². The summed E-state index contributed by atoms with van der Waals surface area (Å²) < 4.78 is 8.90. The molecule has 1 amide bonds. The maximum atomic E-state index is 12.8. The maximum absolute atomic E-state index is 12.8. The molecule has 1 aliphatic carbocycles. The Balaban J connectivity index is 2.00. The third-order valence-corrected chi connectivity index (χ3v) is 5.04. The van der Waals surface area contributed by atoms with Gasteiger partial charge in [-0.15, -0.1) is 0 Å². The molecule has 0 saturated heterocycles. The minimum atomic E-state index is -0.197. The maximum Gasteiger partial charge on any atom is 0.260 e. The lowest BCUT2D eigenvalue weighted by molar-refractivity contribution is 0.0393. The molecular formula is C18H25N3O3. The Morgan fingerprint density at radius 1 is 1.21 bits per heavy atom. The number of ether oxygens (including phenoxy) is 1. The van der Waals surface area contributed by atoms with Crippen LogP contribution in [0.3, 0.4) is 0 Å². The first-order chi connectivity index (χ1) is 11.4. The van der Waals surface area contributed by atoms with Gasteiger partial charge in [0.15, 0.2) is 0 Å². The highest BCUT2D eigenvalue weighted by atomic mass is 16.5. The van der Waals surface area contributed by atoms with Crippen molar-refractivity contribution in [1.82, 2.24) is 14.5 Å². The Hall–Kier alpha value is -2.08. The summed E-state index contributed by atoms with van der Waals surface area (Å²) in [5.41, 5.74) is 2.08. The lowest BCUT2D eigenvalue weighted by Crippen LogP contribution is -2.46. The minimum Gasteiger partial charge on any atom is -0.379 e. The second kappa shape index (κ2) is 6.43. The number of nitrogens with zero attached hydrogens (tertiary/aromatic N) is 2. The van der Waals surface area contributed by atoms with Crippen molar-refractivity contribution in [2.45, 2.75) is 44.8 Å². The van der Waals surface area contributed by atoms with Gasteiger partial charge in [-0.25, -0.2) is 0 Å². The van der Waals surface area contributed by atoms with Gasteiger partial charge >= 0.3 is 0 Å². The van der Waals surface area contributed by atoms with Crippen molar-refractivity contribution >= 4 is 16.8 Å². The third kappa shape index (κ3) is 2.75. The van der Waals surface area contributed by atoms with E-state index in [0.29, 0.717) is 10.9 Å². The molecule has 6 heteroatoms. The van der Waals surface area contributed by atoms with E-state index in [1.165, 1.54) is 4.57 Å². The number of carbonyl (C=O) groups excluding carboxylic acids is 1. The Morgan fingerprint density at radius 2 is 1.92 bits per heavy atom. The first-order valence-corrected chi connectivity index (χ1v) is 8.43. The molecule has 0 radical (unpaired) electrons. The molecule has 2 unspecified atom stereocenters. The molecule has 0 spiro atoms. The molecule has 130 valence electrons. The van der Waals surface area contributed by atoms with Crippen LogP contribution in [0.5, 0.6) is 0 Å². The summed E-state index contributed by atoms with van der Waals surface area (Å²) in [6.45, 7) is 1.95. The van der Waals surface area contributed by atoms with Gasteiger partial charge in [0, 0.05) is 33.6 Å². The molecule has 2 atom stereocenters. The van der Waals surface area contributed by atoms with Crippen LogP contribution in [0.2, 0.25) is 0 Å². The van der Waals surface area contributed by atoms with Gasteiger partial charge in [0.25, 0.3) is 11.5 Å². The van der Waals surface area contributed by atoms with Crippen molar-refractivity contribution in [3.8, 4) is 0 Å². The van der Waals surface area contributed by atoms with E-state index < -0.39 is 0 Å². The van der Waals surface area contributed by atoms with Gasteiger partial charge in [-0.1, -0.05) is 12.8 Å². The quantitative estimate of drug-likeness (QED) is 0.934. The number of aryl methyl sites for hydroxylation is 3. The van der Waals surface area contributed by atoms with Crippen molar-refractivity contribution in [2.24, 2.45) is 14.1 Å². The zero-order valence-corrected chi connectivity index (χ0v) is 14.8. The van der Waals surface area contributed by atoms with Crippen LogP contribution in [-0.4, -0.2) is 34.3 Å². The molecule has 0 bridgehead atoms. The first-order valence-electron chi connectivity index (χ1n) is 8.43. The first kappa shape index (κ1) is 16.8. The van der Waals surface area contributed by atoms with E-state index in [1.807, 2.05) is 18.5 Å². The van der Waals surface area contributed by atoms with Crippen molar-refractivity contribution in [1.29, 1.82) is 0 Å². The number of rotatable bonds is 3. The fourth-order valence-electron chi connectivity index (χ4n) is 3.87. The van der Waals surface area contributed by atoms with Crippen LogP contribution in [0.1, 0.15) is 41.6 Å². The van der Waals surface area contributed by atoms with Crippen molar-refractivity contribution in [3.63, 3.8) is 0 Å². The highest BCUT2D eigenvalue weighted by Crippen LogP contribution is 2.23. The monoisotopic (exact) mass is 331 g/mol. The molecule has 0 aromatic carbocycles. The van der Waals surface area contributed by atoms with Crippen molar-refractivity contribution in [2.75, 3.05) is 7.11 Å². The average molecular weight is 331 g/mol. The van der Waals surface area contributed by atoms with Crippen LogP contribution in [0, 0.1) is 6.92 Å². The lowest BCUT2D eigenvalue weighted by Gasteiger charge is -2.30. The summed E-state index contributed by atoms with van der Waals surface area (Å²) in [6.07, 6.45) is 7.67. The summed E-state index contributed by atoms with van der Waals surface area (Å²) in [4.78, 5) is 25.4. The van der Waals surface area contributed by atoms with Gasteiger partial charge in [0.1, 0.15) is 0 Å². The second-order valence-corrected chi connectivity index (χ2v) is 6.74. The third-order valence-electron chi connectivity index (χ3n) is 5.04. The van der Waals surface area contributed by atoms with E-state index in [1.54, 1.807) is 26.6 Å². The number of nitrogens with one attached hydrogen (secondary N) is 1. The Kier molecular flexibility index (Phi) is 4.49. The molecule has 0 aliphatic heterocycles. The van der Waals surface area contributed by atoms with E-state index in [-0.39, 0.29) is 23.6 Å². The molecule has 6 nitrogen and oxygen atoms in total. The van der Waals surface area contributed by atoms with Crippen LogP contribution in [0.4, 0.5) is 0 Å². The molecule has 2 aromatic heterocycles. The van der Waals surface area contributed by atoms with Gasteiger partial charge in [0.2, 0.25) is 0 Å². The zero-order chi connectivity index (χ0) is 17.4. The van der Waals surface area contributed by atoms with E-state index in [4.69, 9.17) is 4.74 Å². The van der Waals surface area contributed by atoms with Gasteiger partial charge < -0.3 is 19.2 Å². The van der Waals surface area contributed by atoms with Gasteiger partial charge in [-0.3, -0.25) is 9.59 Å². The summed E-state index contributed by atoms with van der Waals surface area (Å²) in [5, 5.41) is 3.57. The smallest absolute Gasteiger partial charge is 0.260 e.